The maximum absolute atomic E-state index is 12.3. The molecule has 150 valence electrons. The van der Waals surface area contributed by atoms with Gasteiger partial charge >= 0.3 is 0 Å². The first kappa shape index (κ1) is 21.1. The van der Waals surface area contributed by atoms with E-state index in [9.17, 15) is 9.59 Å². The number of nitrogens with one attached hydrogen (secondary N) is 2. The zero-order valence-electron chi connectivity index (χ0n) is 16.6. The van der Waals surface area contributed by atoms with Crippen LogP contribution in [-0.2, 0) is 16.0 Å². The van der Waals surface area contributed by atoms with Crippen molar-refractivity contribution in [2.45, 2.75) is 31.5 Å². The molecule has 29 heavy (non-hydrogen) atoms. The van der Waals surface area contributed by atoms with Gasteiger partial charge in [-0.25, -0.2) is 4.98 Å². The van der Waals surface area contributed by atoms with Crippen LogP contribution in [0, 0.1) is 20.8 Å². The van der Waals surface area contributed by atoms with Crippen LogP contribution in [-0.4, -0.2) is 22.6 Å². The number of aryl methyl sites for hydroxylation is 3. The number of aromatic nitrogens is 1. The molecule has 0 radical (unpaired) electrons. The van der Waals surface area contributed by atoms with Crippen LogP contribution in [0.1, 0.15) is 22.4 Å². The van der Waals surface area contributed by atoms with Crippen molar-refractivity contribution in [3.05, 3.63) is 70.2 Å². The first-order valence-electron chi connectivity index (χ1n) is 9.20. The van der Waals surface area contributed by atoms with Crippen molar-refractivity contribution in [3.8, 4) is 0 Å². The molecule has 0 aliphatic carbocycles. The number of hydrogen-bond donors (Lipinski definition) is 2. The van der Waals surface area contributed by atoms with Gasteiger partial charge in [0.1, 0.15) is 0 Å². The Bertz CT molecular complexity index is 1010. The second-order valence-corrected chi connectivity index (χ2v) is 8.93. The van der Waals surface area contributed by atoms with Gasteiger partial charge in [-0.15, -0.1) is 11.3 Å². The summed E-state index contributed by atoms with van der Waals surface area (Å²) < 4.78 is 0.776. The third-order valence-corrected chi connectivity index (χ3v) is 6.26. The van der Waals surface area contributed by atoms with E-state index >= 15 is 0 Å². The smallest absolute Gasteiger partial charge is 0.234 e. The Hall–Kier alpha value is -2.64. The van der Waals surface area contributed by atoms with Crippen LogP contribution < -0.4 is 10.6 Å². The number of amides is 2. The van der Waals surface area contributed by atoms with Crippen LogP contribution in [0.5, 0.6) is 0 Å². The second kappa shape index (κ2) is 9.71. The average molecular weight is 426 g/mol. The van der Waals surface area contributed by atoms with Gasteiger partial charge in [0.2, 0.25) is 11.8 Å². The van der Waals surface area contributed by atoms with Crippen LogP contribution in [0.15, 0.2) is 52.2 Å². The van der Waals surface area contributed by atoms with E-state index in [-0.39, 0.29) is 24.0 Å². The van der Waals surface area contributed by atoms with Gasteiger partial charge < -0.3 is 10.6 Å². The molecule has 0 fully saturated rings. The lowest BCUT2D eigenvalue weighted by atomic mass is 10.1. The number of benzene rings is 2. The summed E-state index contributed by atoms with van der Waals surface area (Å²) in [6.07, 6.45) is 0.208. The zero-order valence-corrected chi connectivity index (χ0v) is 18.2. The van der Waals surface area contributed by atoms with Gasteiger partial charge in [-0.2, -0.15) is 0 Å². The predicted octanol–water partition coefficient (Wildman–Crippen LogP) is 4.98. The number of thiazole rings is 1. The van der Waals surface area contributed by atoms with E-state index in [2.05, 4.69) is 15.6 Å². The van der Waals surface area contributed by atoms with E-state index in [0.717, 1.165) is 32.4 Å². The minimum atomic E-state index is -0.101. The van der Waals surface area contributed by atoms with Gasteiger partial charge in [0.15, 0.2) is 4.34 Å². The fourth-order valence-electron chi connectivity index (χ4n) is 2.71. The van der Waals surface area contributed by atoms with Crippen molar-refractivity contribution in [3.63, 3.8) is 0 Å². The van der Waals surface area contributed by atoms with Gasteiger partial charge in [-0.05, 0) is 44.5 Å². The van der Waals surface area contributed by atoms with Crippen LogP contribution in [0.3, 0.4) is 0 Å². The van der Waals surface area contributed by atoms with Crippen LogP contribution in [0.25, 0.3) is 0 Å². The Kier molecular flexibility index (Phi) is 7.06. The number of carbonyl (C=O) groups excluding carboxylic acids is 2. The highest BCUT2D eigenvalue weighted by atomic mass is 32.2. The van der Waals surface area contributed by atoms with Crippen molar-refractivity contribution in [1.29, 1.82) is 0 Å². The van der Waals surface area contributed by atoms with Crippen LogP contribution in [0.2, 0.25) is 0 Å². The Morgan fingerprint density at radius 3 is 2.41 bits per heavy atom. The van der Waals surface area contributed by atoms with Crippen molar-refractivity contribution >= 4 is 46.3 Å². The number of carbonyl (C=O) groups is 2. The first-order valence-corrected chi connectivity index (χ1v) is 11.1. The standard InChI is InChI=1S/C22H23N3O2S2/c1-14-4-7-17(8-5-14)23-21(27)13-29-22-24-18(12-28-22)11-20(26)25-19-9-6-15(2)10-16(19)3/h4-10,12H,11,13H2,1-3H3,(H,23,27)(H,25,26). The largest absolute Gasteiger partial charge is 0.326 e. The predicted molar refractivity (Wildman–Crippen MR) is 121 cm³/mol. The van der Waals surface area contributed by atoms with Crippen molar-refractivity contribution in [2.24, 2.45) is 0 Å². The van der Waals surface area contributed by atoms with Gasteiger partial charge in [-0.3, -0.25) is 9.59 Å². The summed E-state index contributed by atoms with van der Waals surface area (Å²) in [5, 5.41) is 7.66. The third kappa shape index (κ3) is 6.44. The Morgan fingerprint density at radius 1 is 0.966 bits per heavy atom. The molecule has 0 unspecified atom stereocenters. The Morgan fingerprint density at radius 2 is 1.69 bits per heavy atom. The zero-order chi connectivity index (χ0) is 20.8. The Balaban J connectivity index is 1.48. The van der Waals surface area contributed by atoms with E-state index in [1.54, 1.807) is 0 Å². The minimum Gasteiger partial charge on any atom is -0.326 e. The number of anilines is 2. The summed E-state index contributed by atoms with van der Waals surface area (Å²) >= 11 is 2.82. The molecule has 0 saturated carbocycles. The summed E-state index contributed by atoms with van der Waals surface area (Å²) in [5.41, 5.74) is 5.65. The fourth-order valence-corrected chi connectivity index (χ4v) is 4.35. The maximum Gasteiger partial charge on any atom is 0.234 e. The molecule has 3 aromatic rings. The third-order valence-electron chi connectivity index (χ3n) is 4.19. The van der Waals surface area contributed by atoms with E-state index < -0.39 is 0 Å². The molecule has 2 aromatic carbocycles. The normalized spacial score (nSPS) is 10.6. The summed E-state index contributed by atoms with van der Waals surface area (Å²) in [7, 11) is 0. The monoisotopic (exact) mass is 425 g/mol. The van der Waals surface area contributed by atoms with Crippen molar-refractivity contribution < 1.29 is 9.59 Å². The second-order valence-electron chi connectivity index (χ2n) is 6.85. The molecule has 0 spiro atoms. The molecule has 1 heterocycles. The Labute approximate surface area is 179 Å². The highest BCUT2D eigenvalue weighted by Crippen LogP contribution is 2.24. The molecule has 2 amide bonds. The first-order chi connectivity index (χ1) is 13.9. The molecule has 3 rings (SSSR count). The van der Waals surface area contributed by atoms with Crippen LogP contribution >= 0.6 is 23.1 Å². The van der Waals surface area contributed by atoms with Gasteiger partial charge in [0.25, 0.3) is 0 Å². The lowest BCUT2D eigenvalue weighted by Gasteiger charge is -2.08. The van der Waals surface area contributed by atoms with Crippen LogP contribution in [0.4, 0.5) is 11.4 Å². The van der Waals surface area contributed by atoms with E-state index in [4.69, 9.17) is 0 Å². The molecule has 0 bridgehead atoms. The van der Waals surface area contributed by atoms with E-state index in [1.165, 1.54) is 23.1 Å². The molecule has 0 aliphatic heterocycles. The highest BCUT2D eigenvalue weighted by Gasteiger charge is 2.11. The highest BCUT2D eigenvalue weighted by molar-refractivity contribution is 8.01. The molecule has 0 atom stereocenters. The number of rotatable bonds is 7. The van der Waals surface area contributed by atoms with Crippen molar-refractivity contribution in [2.75, 3.05) is 16.4 Å². The van der Waals surface area contributed by atoms with Gasteiger partial charge in [0, 0.05) is 16.8 Å². The number of thioether (sulfide) groups is 1. The molecular formula is C22H23N3O2S2. The topological polar surface area (TPSA) is 71.1 Å². The molecular weight excluding hydrogens is 402 g/mol. The fraction of sp³-hybridized carbons (Fsp3) is 0.227. The summed E-state index contributed by atoms with van der Waals surface area (Å²) in [6.45, 7) is 6.00. The SMILES string of the molecule is Cc1ccc(NC(=O)CSc2nc(CC(=O)Nc3ccc(C)cc3C)cs2)cc1. The number of hydrogen-bond acceptors (Lipinski definition) is 5. The van der Waals surface area contributed by atoms with Gasteiger partial charge in [0.05, 0.1) is 17.9 Å². The van der Waals surface area contributed by atoms with Crippen molar-refractivity contribution in [1.82, 2.24) is 4.98 Å². The minimum absolute atomic E-state index is 0.0804. The maximum atomic E-state index is 12.3. The molecule has 5 nitrogen and oxygen atoms in total. The quantitative estimate of drug-likeness (QED) is 0.524. The van der Waals surface area contributed by atoms with E-state index in [1.807, 2.05) is 68.6 Å². The molecule has 2 N–H and O–H groups in total. The number of nitrogens with zero attached hydrogens (tertiary/aromatic N) is 1. The average Bonchev–Trinajstić information content (AvgIpc) is 3.11. The molecule has 0 aliphatic rings. The lowest BCUT2D eigenvalue weighted by Crippen LogP contribution is -2.15. The summed E-state index contributed by atoms with van der Waals surface area (Å²) in [6, 6.07) is 13.6. The van der Waals surface area contributed by atoms with E-state index in [0.29, 0.717) is 5.69 Å². The summed E-state index contributed by atoms with van der Waals surface area (Å²) in [4.78, 5) is 28.9. The van der Waals surface area contributed by atoms with Gasteiger partial charge in [-0.1, -0.05) is 47.2 Å². The summed E-state index contributed by atoms with van der Waals surface area (Å²) in [5.74, 6) is 0.0920. The molecule has 1 aromatic heterocycles. The molecule has 7 heteroatoms. The lowest BCUT2D eigenvalue weighted by molar-refractivity contribution is -0.116. The molecule has 0 saturated heterocycles.